The quantitative estimate of drug-likeness (QED) is 0.758. The molecule has 0 aromatic rings. The third-order valence-electron chi connectivity index (χ3n) is 3.57. The predicted molar refractivity (Wildman–Crippen MR) is 65.6 cm³/mol. The van der Waals surface area contributed by atoms with Crippen LogP contribution in [-0.2, 0) is 24.2 Å². The van der Waals surface area contributed by atoms with Crippen LogP contribution >= 0.6 is 0 Å². The lowest BCUT2D eigenvalue weighted by Crippen LogP contribution is -2.42. The van der Waals surface area contributed by atoms with Crippen LogP contribution in [0.2, 0.25) is 0 Å². The van der Waals surface area contributed by atoms with Crippen molar-refractivity contribution in [1.82, 2.24) is 0 Å². The van der Waals surface area contributed by atoms with Gasteiger partial charge in [0.05, 0.1) is 25.1 Å². The summed E-state index contributed by atoms with van der Waals surface area (Å²) in [7, 11) is -3.49. The van der Waals surface area contributed by atoms with Gasteiger partial charge in [0, 0.05) is 25.2 Å². The molecule has 2 saturated heterocycles. The lowest BCUT2D eigenvalue weighted by molar-refractivity contribution is -0.0537. The average Bonchev–Trinajstić information content (AvgIpc) is 2.78. The molecule has 0 spiro atoms. The Morgan fingerprint density at radius 2 is 1.94 bits per heavy atom. The lowest BCUT2D eigenvalue weighted by Gasteiger charge is -2.36. The third kappa shape index (κ3) is 4.17. The van der Waals surface area contributed by atoms with Crippen molar-refractivity contribution in [1.29, 1.82) is 0 Å². The van der Waals surface area contributed by atoms with E-state index >= 15 is 0 Å². The normalized spacial score (nSPS) is 28.4. The molecule has 18 heavy (non-hydrogen) atoms. The smallest absolute Gasteiger partial charge is 0.209 e. The molecule has 0 radical (unpaired) electrons. The molecule has 1 atom stereocenters. The zero-order valence-corrected chi connectivity index (χ0v) is 11.3. The second-order valence-corrected chi connectivity index (χ2v) is 6.83. The minimum absolute atomic E-state index is 0.0308. The highest BCUT2D eigenvalue weighted by Crippen LogP contribution is 2.33. The number of hydrogen-bond donors (Lipinski definition) is 1. The zero-order valence-electron chi connectivity index (χ0n) is 10.5. The Labute approximate surface area is 108 Å². The molecule has 0 bridgehead atoms. The van der Waals surface area contributed by atoms with E-state index in [4.69, 9.17) is 19.3 Å². The monoisotopic (exact) mass is 279 g/mol. The van der Waals surface area contributed by atoms with Gasteiger partial charge in [-0.3, -0.25) is 0 Å². The maximum Gasteiger partial charge on any atom is 0.209 e. The standard InChI is InChI=1S/C11H21NO5S/c12-18(13,14)9-11(2-5-15-6-3-11)8-17-10-1-4-16-7-10/h10H,1-9H2,(H2,12,13,14). The number of nitrogens with two attached hydrogens (primary N) is 1. The van der Waals surface area contributed by atoms with E-state index < -0.39 is 15.4 Å². The van der Waals surface area contributed by atoms with Crippen LogP contribution in [0.1, 0.15) is 19.3 Å². The summed E-state index contributed by atoms with van der Waals surface area (Å²) in [6.45, 7) is 2.87. The van der Waals surface area contributed by atoms with Crippen molar-refractivity contribution in [2.24, 2.45) is 10.6 Å². The van der Waals surface area contributed by atoms with Crippen molar-refractivity contribution >= 4 is 10.0 Å². The summed E-state index contributed by atoms with van der Waals surface area (Å²) < 4.78 is 39.0. The Kier molecular flexibility index (Phi) is 4.60. The second kappa shape index (κ2) is 5.83. The Morgan fingerprint density at radius 3 is 2.50 bits per heavy atom. The molecule has 0 saturated carbocycles. The van der Waals surface area contributed by atoms with Crippen molar-refractivity contribution < 1.29 is 22.6 Å². The van der Waals surface area contributed by atoms with Crippen LogP contribution in [0.4, 0.5) is 0 Å². The van der Waals surface area contributed by atoms with Crippen LogP contribution in [0.5, 0.6) is 0 Å². The molecule has 2 N–H and O–H groups in total. The van der Waals surface area contributed by atoms with E-state index in [0.29, 0.717) is 39.3 Å². The van der Waals surface area contributed by atoms with E-state index in [9.17, 15) is 8.42 Å². The molecule has 7 heteroatoms. The molecule has 0 aromatic heterocycles. The van der Waals surface area contributed by atoms with Crippen molar-refractivity contribution in [3.63, 3.8) is 0 Å². The molecule has 2 heterocycles. The molecule has 0 aliphatic carbocycles. The Morgan fingerprint density at radius 1 is 1.22 bits per heavy atom. The first-order chi connectivity index (χ1) is 8.49. The van der Waals surface area contributed by atoms with Crippen LogP contribution in [0.25, 0.3) is 0 Å². The van der Waals surface area contributed by atoms with Crippen LogP contribution in [-0.4, -0.2) is 53.3 Å². The second-order valence-electron chi connectivity index (χ2n) is 5.22. The highest BCUT2D eigenvalue weighted by molar-refractivity contribution is 7.89. The molecule has 6 nitrogen and oxygen atoms in total. The first-order valence-electron chi connectivity index (χ1n) is 6.27. The van der Waals surface area contributed by atoms with E-state index in [1.165, 1.54) is 0 Å². The minimum Gasteiger partial charge on any atom is -0.381 e. The summed E-state index contributed by atoms with van der Waals surface area (Å²) in [4.78, 5) is 0. The number of hydrogen-bond acceptors (Lipinski definition) is 5. The summed E-state index contributed by atoms with van der Waals surface area (Å²) in [6.07, 6.45) is 2.32. The van der Waals surface area contributed by atoms with Gasteiger partial charge in [0.1, 0.15) is 0 Å². The first kappa shape index (κ1) is 14.2. The molecular weight excluding hydrogens is 258 g/mol. The summed E-state index contributed by atoms with van der Waals surface area (Å²) in [5, 5.41) is 5.19. The zero-order chi connectivity index (χ0) is 13.1. The van der Waals surface area contributed by atoms with Crippen molar-refractivity contribution in [2.75, 3.05) is 38.8 Å². The topological polar surface area (TPSA) is 87.9 Å². The first-order valence-corrected chi connectivity index (χ1v) is 7.98. The van der Waals surface area contributed by atoms with Crippen LogP contribution < -0.4 is 5.14 Å². The van der Waals surface area contributed by atoms with Gasteiger partial charge in [-0.25, -0.2) is 13.6 Å². The van der Waals surface area contributed by atoms with Crippen LogP contribution in [0.15, 0.2) is 0 Å². The molecule has 2 aliphatic heterocycles. The third-order valence-corrected chi connectivity index (χ3v) is 4.59. The van der Waals surface area contributed by atoms with E-state index in [-0.39, 0.29) is 11.9 Å². The summed E-state index contributed by atoms with van der Waals surface area (Å²) in [5.74, 6) is -0.0308. The van der Waals surface area contributed by atoms with Crippen LogP contribution in [0.3, 0.4) is 0 Å². The van der Waals surface area contributed by atoms with E-state index in [0.717, 1.165) is 13.0 Å². The summed E-state index contributed by atoms with van der Waals surface area (Å²) in [5.41, 5.74) is -0.394. The van der Waals surface area contributed by atoms with Gasteiger partial charge in [-0.1, -0.05) is 0 Å². The van der Waals surface area contributed by atoms with Gasteiger partial charge >= 0.3 is 0 Å². The summed E-state index contributed by atoms with van der Waals surface area (Å²) >= 11 is 0. The van der Waals surface area contributed by atoms with Crippen LogP contribution in [0, 0.1) is 5.41 Å². The predicted octanol–water partition coefficient (Wildman–Crippen LogP) is -0.123. The molecule has 0 aromatic carbocycles. The fourth-order valence-electron chi connectivity index (χ4n) is 2.50. The Balaban J connectivity index is 1.94. The van der Waals surface area contributed by atoms with Crippen molar-refractivity contribution in [2.45, 2.75) is 25.4 Å². The van der Waals surface area contributed by atoms with Crippen molar-refractivity contribution in [3.05, 3.63) is 0 Å². The Hall–Kier alpha value is -0.210. The van der Waals surface area contributed by atoms with Gasteiger partial charge < -0.3 is 14.2 Å². The number of primary sulfonamides is 1. The number of sulfonamides is 1. The molecule has 2 fully saturated rings. The molecule has 0 amide bonds. The van der Waals surface area contributed by atoms with Gasteiger partial charge in [0.15, 0.2) is 0 Å². The van der Waals surface area contributed by atoms with Gasteiger partial charge in [0.2, 0.25) is 10.0 Å². The molecule has 2 rings (SSSR count). The highest BCUT2D eigenvalue weighted by atomic mass is 32.2. The molecule has 2 aliphatic rings. The van der Waals surface area contributed by atoms with E-state index in [1.807, 2.05) is 0 Å². The van der Waals surface area contributed by atoms with Gasteiger partial charge in [-0.15, -0.1) is 0 Å². The number of rotatable bonds is 5. The molecule has 106 valence electrons. The fraction of sp³-hybridized carbons (Fsp3) is 1.00. The SMILES string of the molecule is NS(=O)(=O)CC1(COC2CCOC2)CCOCC1. The highest BCUT2D eigenvalue weighted by Gasteiger charge is 2.37. The van der Waals surface area contributed by atoms with Crippen molar-refractivity contribution in [3.8, 4) is 0 Å². The average molecular weight is 279 g/mol. The number of ether oxygens (including phenoxy) is 3. The lowest BCUT2D eigenvalue weighted by atomic mass is 9.83. The van der Waals surface area contributed by atoms with Gasteiger partial charge in [0.25, 0.3) is 0 Å². The molecule has 1 unspecified atom stereocenters. The van der Waals surface area contributed by atoms with E-state index in [1.54, 1.807) is 0 Å². The maximum atomic E-state index is 11.4. The van der Waals surface area contributed by atoms with Gasteiger partial charge in [-0.2, -0.15) is 0 Å². The minimum atomic E-state index is -3.49. The van der Waals surface area contributed by atoms with Gasteiger partial charge in [-0.05, 0) is 19.3 Å². The largest absolute Gasteiger partial charge is 0.381 e. The molecular formula is C11H21NO5S. The van der Waals surface area contributed by atoms with E-state index in [2.05, 4.69) is 0 Å². The Bertz CT molecular complexity index is 358. The maximum absolute atomic E-state index is 11.4. The summed E-state index contributed by atoms with van der Waals surface area (Å²) in [6, 6.07) is 0. The fourth-order valence-corrected chi connectivity index (χ4v) is 3.73.